The molecule has 2 aromatic rings. The number of nitrogens with zero attached hydrogens (tertiary/aromatic N) is 2. The van der Waals surface area contributed by atoms with E-state index in [1.807, 2.05) is 39.8 Å². The number of amidine groups is 1. The third kappa shape index (κ3) is 2.97. The van der Waals surface area contributed by atoms with E-state index in [1.54, 1.807) is 0 Å². The predicted octanol–water partition coefficient (Wildman–Crippen LogP) is 3.44. The van der Waals surface area contributed by atoms with Crippen LogP contribution in [0.2, 0.25) is 5.02 Å². The molecule has 3 N–H and O–H groups in total. The van der Waals surface area contributed by atoms with E-state index in [1.165, 1.54) is 0 Å². The van der Waals surface area contributed by atoms with Crippen molar-refractivity contribution in [2.24, 2.45) is 5.73 Å². The standard InChI is InChI=1S/C15H17ClN4O/c1-7-5-11(16)6-8(2)13(7)21-15-12(14(17)18)9(3)10(4)19-20-15/h5-6H,1-4H3,(H3,17,18). The summed E-state index contributed by atoms with van der Waals surface area (Å²) in [5.74, 6) is 0.795. The van der Waals surface area contributed by atoms with Crippen LogP contribution in [0.15, 0.2) is 12.1 Å². The van der Waals surface area contributed by atoms with Gasteiger partial charge in [-0.2, -0.15) is 5.10 Å². The van der Waals surface area contributed by atoms with Crippen molar-refractivity contribution < 1.29 is 4.74 Å². The molecule has 110 valence electrons. The van der Waals surface area contributed by atoms with Crippen molar-refractivity contribution in [1.29, 1.82) is 5.41 Å². The van der Waals surface area contributed by atoms with Crippen LogP contribution in [0.3, 0.4) is 0 Å². The number of ether oxygens (including phenoxy) is 1. The zero-order valence-corrected chi connectivity index (χ0v) is 13.2. The number of halogens is 1. The highest BCUT2D eigenvalue weighted by molar-refractivity contribution is 6.30. The summed E-state index contributed by atoms with van der Waals surface area (Å²) in [7, 11) is 0. The quantitative estimate of drug-likeness (QED) is 0.672. The first-order chi connectivity index (χ1) is 9.81. The highest BCUT2D eigenvalue weighted by atomic mass is 35.5. The van der Waals surface area contributed by atoms with Gasteiger partial charge >= 0.3 is 0 Å². The van der Waals surface area contributed by atoms with Crippen LogP contribution in [-0.2, 0) is 0 Å². The molecule has 21 heavy (non-hydrogen) atoms. The minimum absolute atomic E-state index is 0.0928. The fourth-order valence-electron chi connectivity index (χ4n) is 2.13. The smallest absolute Gasteiger partial charge is 0.250 e. The Morgan fingerprint density at radius 2 is 1.71 bits per heavy atom. The molecule has 0 amide bonds. The van der Waals surface area contributed by atoms with Gasteiger partial charge in [-0.1, -0.05) is 11.6 Å². The van der Waals surface area contributed by atoms with Crippen molar-refractivity contribution in [1.82, 2.24) is 10.2 Å². The van der Waals surface area contributed by atoms with E-state index in [0.717, 1.165) is 22.4 Å². The largest absolute Gasteiger partial charge is 0.436 e. The number of aryl methyl sites for hydroxylation is 3. The summed E-state index contributed by atoms with van der Waals surface area (Å²) in [6.45, 7) is 7.46. The molecule has 0 aliphatic rings. The van der Waals surface area contributed by atoms with Crippen LogP contribution in [0.5, 0.6) is 11.6 Å². The molecule has 6 heteroatoms. The Hall–Kier alpha value is -2.14. The van der Waals surface area contributed by atoms with E-state index in [9.17, 15) is 0 Å². The summed E-state index contributed by atoms with van der Waals surface area (Å²) in [6.07, 6.45) is 0. The average molecular weight is 305 g/mol. The minimum atomic E-state index is -0.0928. The molecule has 0 atom stereocenters. The topological polar surface area (TPSA) is 84.9 Å². The fourth-order valence-corrected chi connectivity index (χ4v) is 2.46. The third-order valence-electron chi connectivity index (χ3n) is 3.32. The average Bonchev–Trinajstić information content (AvgIpc) is 2.37. The lowest BCUT2D eigenvalue weighted by atomic mass is 10.1. The van der Waals surface area contributed by atoms with Crippen LogP contribution in [0.4, 0.5) is 0 Å². The lowest BCUT2D eigenvalue weighted by Gasteiger charge is -2.15. The van der Waals surface area contributed by atoms with Gasteiger partial charge in [-0.25, -0.2) is 0 Å². The molecule has 5 nitrogen and oxygen atoms in total. The second-order valence-electron chi connectivity index (χ2n) is 4.98. The molecule has 0 spiro atoms. The van der Waals surface area contributed by atoms with Crippen molar-refractivity contribution in [3.63, 3.8) is 0 Å². The second kappa shape index (κ2) is 5.69. The summed E-state index contributed by atoms with van der Waals surface area (Å²) in [5, 5.41) is 16.5. The molecule has 0 aliphatic carbocycles. The molecule has 2 rings (SSSR count). The summed E-state index contributed by atoms with van der Waals surface area (Å²) >= 11 is 6.02. The van der Waals surface area contributed by atoms with Crippen molar-refractivity contribution in [2.75, 3.05) is 0 Å². The van der Waals surface area contributed by atoms with E-state index < -0.39 is 0 Å². The Balaban J connectivity index is 2.55. The number of hydrogen-bond acceptors (Lipinski definition) is 4. The van der Waals surface area contributed by atoms with E-state index in [2.05, 4.69) is 10.2 Å². The Morgan fingerprint density at radius 1 is 1.14 bits per heavy atom. The van der Waals surface area contributed by atoms with Crippen LogP contribution < -0.4 is 10.5 Å². The first kappa shape index (κ1) is 15.3. The zero-order valence-electron chi connectivity index (χ0n) is 12.4. The maximum absolute atomic E-state index is 7.73. The first-order valence-corrected chi connectivity index (χ1v) is 6.82. The van der Waals surface area contributed by atoms with Crippen molar-refractivity contribution in [3.8, 4) is 11.6 Å². The lowest BCUT2D eigenvalue weighted by Crippen LogP contribution is -2.17. The van der Waals surface area contributed by atoms with Crippen LogP contribution in [0, 0.1) is 33.1 Å². The predicted molar refractivity (Wildman–Crippen MR) is 83.5 cm³/mol. The number of nitrogens with one attached hydrogen (secondary N) is 1. The lowest BCUT2D eigenvalue weighted by molar-refractivity contribution is 0.446. The number of aromatic nitrogens is 2. The molecule has 1 aromatic heterocycles. The molecule has 1 heterocycles. The third-order valence-corrected chi connectivity index (χ3v) is 3.53. The monoisotopic (exact) mass is 304 g/mol. The maximum atomic E-state index is 7.73. The van der Waals surface area contributed by atoms with Crippen LogP contribution in [0.1, 0.15) is 27.9 Å². The molecular weight excluding hydrogens is 288 g/mol. The van der Waals surface area contributed by atoms with Crippen molar-refractivity contribution >= 4 is 17.4 Å². The van der Waals surface area contributed by atoms with Gasteiger partial charge in [0.15, 0.2) is 0 Å². The fraction of sp³-hybridized carbons (Fsp3) is 0.267. The summed E-state index contributed by atoms with van der Waals surface area (Å²) in [6, 6.07) is 3.62. The molecular formula is C15H17ClN4O. The Morgan fingerprint density at radius 3 is 2.24 bits per heavy atom. The van der Waals surface area contributed by atoms with Crippen molar-refractivity contribution in [3.05, 3.63) is 45.1 Å². The van der Waals surface area contributed by atoms with Gasteiger partial charge in [-0.3, -0.25) is 5.41 Å². The van der Waals surface area contributed by atoms with E-state index >= 15 is 0 Å². The normalized spacial score (nSPS) is 10.5. The molecule has 0 aliphatic heterocycles. The SMILES string of the molecule is Cc1cc(Cl)cc(C)c1Oc1nnc(C)c(C)c1C(=N)N. The van der Waals surface area contributed by atoms with Gasteiger partial charge in [-0.05, 0) is 56.5 Å². The van der Waals surface area contributed by atoms with Gasteiger partial charge in [0.1, 0.15) is 11.6 Å². The zero-order chi connectivity index (χ0) is 15.7. The van der Waals surface area contributed by atoms with E-state index in [-0.39, 0.29) is 11.7 Å². The number of benzene rings is 1. The number of nitrogens with two attached hydrogens (primary N) is 1. The Kier molecular flexibility index (Phi) is 4.14. The molecule has 0 fully saturated rings. The second-order valence-corrected chi connectivity index (χ2v) is 5.41. The summed E-state index contributed by atoms with van der Waals surface area (Å²) < 4.78 is 5.87. The van der Waals surface area contributed by atoms with Gasteiger partial charge in [0, 0.05) is 5.02 Å². The Labute approximate surface area is 128 Å². The van der Waals surface area contributed by atoms with Gasteiger partial charge < -0.3 is 10.5 Å². The van der Waals surface area contributed by atoms with Gasteiger partial charge in [-0.15, -0.1) is 5.10 Å². The van der Waals surface area contributed by atoms with Crippen molar-refractivity contribution in [2.45, 2.75) is 27.7 Å². The summed E-state index contributed by atoms with van der Waals surface area (Å²) in [4.78, 5) is 0. The first-order valence-electron chi connectivity index (χ1n) is 6.44. The maximum Gasteiger partial charge on any atom is 0.250 e. The number of hydrogen-bond donors (Lipinski definition) is 2. The van der Waals surface area contributed by atoms with Gasteiger partial charge in [0.2, 0.25) is 5.88 Å². The number of rotatable bonds is 3. The number of nitrogen functional groups attached to an aromatic ring is 1. The van der Waals surface area contributed by atoms with Crippen LogP contribution in [0.25, 0.3) is 0 Å². The van der Waals surface area contributed by atoms with E-state index in [4.69, 9.17) is 27.5 Å². The highest BCUT2D eigenvalue weighted by Crippen LogP contribution is 2.32. The van der Waals surface area contributed by atoms with E-state index in [0.29, 0.717) is 16.3 Å². The van der Waals surface area contributed by atoms with Gasteiger partial charge in [0.05, 0.1) is 11.3 Å². The molecule has 0 saturated carbocycles. The minimum Gasteiger partial charge on any atom is -0.436 e. The molecule has 0 radical (unpaired) electrons. The van der Waals surface area contributed by atoms with Gasteiger partial charge in [0.25, 0.3) is 0 Å². The van der Waals surface area contributed by atoms with Crippen LogP contribution in [-0.4, -0.2) is 16.0 Å². The molecule has 0 unspecified atom stereocenters. The highest BCUT2D eigenvalue weighted by Gasteiger charge is 2.17. The molecule has 1 aromatic carbocycles. The van der Waals surface area contributed by atoms with Crippen LogP contribution >= 0.6 is 11.6 Å². The molecule has 0 bridgehead atoms. The Bertz CT molecular complexity index is 705. The molecule has 0 saturated heterocycles. The summed E-state index contributed by atoms with van der Waals surface area (Å²) in [5.41, 5.74) is 9.40.